The third-order valence-electron chi connectivity index (χ3n) is 6.42. The predicted molar refractivity (Wildman–Crippen MR) is 145 cm³/mol. The van der Waals surface area contributed by atoms with Gasteiger partial charge in [-0.1, -0.05) is 60.7 Å². The minimum atomic E-state index is -1.05. The number of hydrogen-bond acceptors (Lipinski definition) is 6. The number of carbonyl (C=O) groups excluding carboxylic acids is 2. The van der Waals surface area contributed by atoms with Crippen LogP contribution in [0.5, 0.6) is 5.75 Å². The molecule has 0 saturated carbocycles. The van der Waals surface area contributed by atoms with Crippen molar-refractivity contribution in [3.63, 3.8) is 0 Å². The minimum Gasteiger partial charge on any atom is -0.497 e. The number of esters is 1. The molecule has 1 aliphatic carbocycles. The average molecular weight is 518 g/mol. The first-order valence-corrected chi connectivity index (χ1v) is 12.7. The molecule has 7 nitrogen and oxygen atoms in total. The van der Waals surface area contributed by atoms with E-state index in [0.29, 0.717) is 5.75 Å². The summed E-state index contributed by atoms with van der Waals surface area (Å²) in [6, 6.07) is 22.4. The third-order valence-corrected chi connectivity index (χ3v) is 6.42. The zero-order valence-corrected chi connectivity index (χ0v) is 22.5. The average Bonchev–Trinajstić information content (AvgIpc) is 3.22. The molecule has 0 bridgehead atoms. The number of ether oxygens (including phenoxy) is 4. The molecule has 38 heavy (non-hydrogen) atoms. The monoisotopic (exact) mass is 517 g/mol. The summed E-state index contributed by atoms with van der Waals surface area (Å²) in [6.07, 6.45) is -1.36. The van der Waals surface area contributed by atoms with Gasteiger partial charge in [0, 0.05) is 5.92 Å². The standard InChI is InChI=1S/C31H35NO6/c1-20(38-31(2,3)4)28(29(33)36-18-21-14-16-22(35-5)17-15-21)32-30(34)37-19-27-25-12-8-6-10-23(25)24-11-7-9-13-26(24)27/h6-17,20,27-28H,18-19H2,1-5H3,(H,32,34)/t20-,28-/m0/s1. The van der Waals surface area contributed by atoms with E-state index in [4.69, 9.17) is 18.9 Å². The number of amides is 1. The first-order valence-electron chi connectivity index (χ1n) is 12.7. The molecule has 1 amide bonds. The van der Waals surface area contributed by atoms with Crippen molar-refractivity contribution in [3.8, 4) is 16.9 Å². The van der Waals surface area contributed by atoms with Crippen LogP contribution in [0.2, 0.25) is 0 Å². The van der Waals surface area contributed by atoms with Gasteiger partial charge in [-0.15, -0.1) is 0 Å². The second-order valence-electron chi connectivity index (χ2n) is 10.3. The van der Waals surface area contributed by atoms with E-state index in [1.807, 2.05) is 57.2 Å². The van der Waals surface area contributed by atoms with Crippen LogP contribution >= 0.6 is 0 Å². The SMILES string of the molecule is COc1ccc(COC(=O)[C@@H](NC(=O)OCC2c3ccccc3-c3ccccc32)[C@H](C)OC(C)(C)C)cc1. The van der Waals surface area contributed by atoms with Crippen molar-refractivity contribution in [2.75, 3.05) is 13.7 Å². The smallest absolute Gasteiger partial charge is 0.407 e. The maximum Gasteiger partial charge on any atom is 0.407 e. The van der Waals surface area contributed by atoms with E-state index in [0.717, 1.165) is 27.8 Å². The quantitative estimate of drug-likeness (QED) is 0.359. The second kappa shape index (κ2) is 11.7. The Kier molecular flexibility index (Phi) is 8.37. The maximum atomic E-state index is 13.1. The lowest BCUT2D eigenvalue weighted by Crippen LogP contribution is -2.51. The van der Waals surface area contributed by atoms with E-state index in [9.17, 15) is 9.59 Å². The summed E-state index contributed by atoms with van der Waals surface area (Å²) in [5.74, 6) is 0.0185. The number of hydrogen-bond donors (Lipinski definition) is 1. The van der Waals surface area contributed by atoms with Gasteiger partial charge < -0.3 is 24.3 Å². The van der Waals surface area contributed by atoms with Crippen molar-refractivity contribution in [1.29, 1.82) is 0 Å². The van der Waals surface area contributed by atoms with E-state index in [1.165, 1.54) is 0 Å². The van der Waals surface area contributed by atoms with Crippen molar-refractivity contribution in [1.82, 2.24) is 5.32 Å². The predicted octanol–water partition coefficient (Wildman–Crippen LogP) is 5.85. The molecule has 0 unspecified atom stereocenters. The highest BCUT2D eigenvalue weighted by Gasteiger charge is 2.34. The Morgan fingerprint density at radius 2 is 1.45 bits per heavy atom. The molecule has 2 atom stereocenters. The van der Waals surface area contributed by atoms with Gasteiger partial charge in [-0.25, -0.2) is 9.59 Å². The summed E-state index contributed by atoms with van der Waals surface area (Å²) < 4.78 is 22.4. The Balaban J connectivity index is 1.42. The fourth-order valence-corrected chi connectivity index (χ4v) is 4.73. The molecule has 0 spiro atoms. The number of alkyl carbamates (subject to hydrolysis) is 1. The first kappa shape index (κ1) is 27.2. The molecule has 4 rings (SSSR count). The fourth-order valence-electron chi connectivity index (χ4n) is 4.73. The van der Waals surface area contributed by atoms with Crippen LogP contribution in [0.1, 0.15) is 50.3 Å². The highest BCUT2D eigenvalue weighted by molar-refractivity contribution is 5.82. The van der Waals surface area contributed by atoms with Crippen molar-refractivity contribution < 1.29 is 28.5 Å². The van der Waals surface area contributed by atoms with Gasteiger partial charge in [0.15, 0.2) is 6.04 Å². The summed E-state index contributed by atoms with van der Waals surface area (Å²) in [4.78, 5) is 26.0. The first-order chi connectivity index (χ1) is 18.2. The Morgan fingerprint density at radius 1 is 0.868 bits per heavy atom. The molecule has 0 radical (unpaired) electrons. The highest BCUT2D eigenvalue weighted by Crippen LogP contribution is 2.44. The van der Waals surface area contributed by atoms with Crippen LogP contribution in [-0.4, -0.2) is 43.5 Å². The minimum absolute atomic E-state index is 0.0495. The van der Waals surface area contributed by atoms with Gasteiger partial charge >= 0.3 is 12.1 Å². The maximum absolute atomic E-state index is 13.1. The summed E-state index contributed by atoms with van der Waals surface area (Å²) in [5.41, 5.74) is 4.77. The zero-order chi connectivity index (χ0) is 27.3. The van der Waals surface area contributed by atoms with E-state index >= 15 is 0 Å². The molecule has 1 N–H and O–H groups in total. The Labute approximate surface area is 224 Å². The topological polar surface area (TPSA) is 83.1 Å². The molecule has 0 aromatic heterocycles. The lowest BCUT2D eigenvalue weighted by atomic mass is 9.98. The molecular weight excluding hydrogens is 482 g/mol. The Bertz CT molecular complexity index is 1220. The lowest BCUT2D eigenvalue weighted by Gasteiger charge is -2.30. The van der Waals surface area contributed by atoms with Gasteiger partial charge in [-0.2, -0.15) is 0 Å². The number of benzene rings is 3. The van der Waals surface area contributed by atoms with Crippen molar-refractivity contribution in [2.45, 2.75) is 58.0 Å². The number of rotatable bonds is 9. The molecule has 3 aromatic rings. The molecule has 3 aromatic carbocycles. The van der Waals surface area contributed by atoms with Gasteiger partial charge in [-0.05, 0) is 67.6 Å². The van der Waals surface area contributed by atoms with E-state index in [1.54, 1.807) is 26.2 Å². The molecule has 0 saturated heterocycles. The van der Waals surface area contributed by atoms with Crippen LogP contribution in [0.3, 0.4) is 0 Å². The lowest BCUT2D eigenvalue weighted by molar-refractivity contribution is -0.154. The van der Waals surface area contributed by atoms with Gasteiger partial charge in [-0.3, -0.25) is 0 Å². The summed E-state index contributed by atoms with van der Waals surface area (Å²) in [5, 5.41) is 2.68. The van der Waals surface area contributed by atoms with Crippen LogP contribution in [0, 0.1) is 0 Å². The van der Waals surface area contributed by atoms with Crippen LogP contribution in [-0.2, 0) is 25.6 Å². The number of nitrogens with one attached hydrogen (secondary N) is 1. The van der Waals surface area contributed by atoms with Crippen LogP contribution in [0.15, 0.2) is 72.8 Å². The summed E-state index contributed by atoms with van der Waals surface area (Å²) in [7, 11) is 1.59. The molecule has 0 fully saturated rings. The van der Waals surface area contributed by atoms with E-state index in [-0.39, 0.29) is 19.1 Å². The Morgan fingerprint density at radius 3 is 2.00 bits per heavy atom. The molecule has 1 aliphatic rings. The van der Waals surface area contributed by atoms with Gasteiger partial charge in [0.25, 0.3) is 0 Å². The molecule has 7 heteroatoms. The normalized spacial score (nSPS) is 14.1. The van der Waals surface area contributed by atoms with Crippen LogP contribution < -0.4 is 10.1 Å². The van der Waals surface area contributed by atoms with Gasteiger partial charge in [0.1, 0.15) is 19.0 Å². The van der Waals surface area contributed by atoms with E-state index in [2.05, 4.69) is 29.6 Å². The van der Waals surface area contributed by atoms with Crippen molar-refractivity contribution in [2.24, 2.45) is 0 Å². The largest absolute Gasteiger partial charge is 0.497 e. The number of methoxy groups -OCH3 is 1. The summed E-state index contributed by atoms with van der Waals surface area (Å²) >= 11 is 0. The van der Waals surface area contributed by atoms with Gasteiger partial charge in [0.05, 0.1) is 18.8 Å². The molecule has 0 aliphatic heterocycles. The van der Waals surface area contributed by atoms with Crippen molar-refractivity contribution >= 4 is 12.1 Å². The number of fused-ring (bicyclic) bond motifs is 3. The number of carbonyl (C=O) groups is 2. The molecule has 0 heterocycles. The fraction of sp³-hybridized carbons (Fsp3) is 0.355. The van der Waals surface area contributed by atoms with Crippen LogP contribution in [0.25, 0.3) is 11.1 Å². The highest BCUT2D eigenvalue weighted by atomic mass is 16.6. The summed E-state index contributed by atoms with van der Waals surface area (Å²) in [6.45, 7) is 7.58. The second-order valence-corrected chi connectivity index (χ2v) is 10.3. The molecular formula is C31H35NO6. The van der Waals surface area contributed by atoms with Crippen LogP contribution in [0.4, 0.5) is 4.79 Å². The van der Waals surface area contributed by atoms with Crippen molar-refractivity contribution in [3.05, 3.63) is 89.5 Å². The Hall–Kier alpha value is -3.84. The molecule has 200 valence electrons. The zero-order valence-electron chi connectivity index (χ0n) is 22.5. The van der Waals surface area contributed by atoms with E-state index < -0.39 is 29.8 Å². The third kappa shape index (κ3) is 6.53. The van der Waals surface area contributed by atoms with Gasteiger partial charge in [0.2, 0.25) is 0 Å².